The third-order valence-corrected chi connectivity index (χ3v) is 6.88. The van der Waals surface area contributed by atoms with Gasteiger partial charge in [-0.05, 0) is 54.8 Å². The van der Waals surface area contributed by atoms with Crippen molar-refractivity contribution in [3.63, 3.8) is 0 Å². The molecule has 0 fully saturated rings. The standard InChI is InChI=1S/C23H21N3O3S/c1-24-23(27)20-7-2-3-8-22(20)30(28,29)18-11-12-19-16(15-26-21(19)14-18)9-10-17-6-4-5-13-25-17/h2-8,11-15,26H,9-10H2,1H3,(H,24,27). The molecule has 2 aromatic carbocycles. The Morgan fingerprint density at radius 1 is 1.03 bits per heavy atom. The van der Waals surface area contributed by atoms with Gasteiger partial charge in [0.2, 0.25) is 9.84 Å². The van der Waals surface area contributed by atoms with Crippen molar-refractivity contribution in [2.45, 2.75) is 22.6 Å². The molecule has 4 rings (SSSR count). The number of aromatic nitrogens is 2. The van der Waals surface area contributed by atoms with Crippen LogP contribution in [0, 0.1) is 0 Å². The van der Waals surface area contributed by atoms with Gasteiger partial charge in [-0.1, -0.05) is 24.3 Å². The molecule has 2 heterocycles. The fourth-order valence-corrected chi connectivity index (χ4v) is 4.98. The predicted molar refractivity (Wildman–Crippen MR) is 115 cm³/mol. The molecule has 0 saturated heterocycles. The van der Waals surface area contributed by atoms with Gasteiger partial charge in [0.25, 0.3) is 5.91 Å². The van der Waals surface area contributed by atoms with Gasteiger partial charge in [0.05, 0.1) is 15.4 Å². The average Bonchev–Trinajstić information content (AvgIpc) is 3.20. The number of amides is 1. The minimum absolute atomic E-state index is 0.00867. The van der Waals surface area contributed by atoms with Crippen molar-refractivity contribution in [2.24, 2.45) is 0 Å². The predicted octanol–water partition coefficient (Wildman–Crippen LogP) is 3.54. The molecule has 1 amide bonds. The number of rotatable bonds is 6. The number of benzene rings is 2. The Morgan fingerprint density at radius 3 is 2.60 bits per heavy atom. The van der Waals surface area contributed by atoms with Crippen LogP contribution < -0.4 is 5.32 Å². The molecule has 0 aliphatic heterocycles. The molecule has 4 aromatic rings. The molecule has 0 unspecified atom stereocenters. The Balaban J connectivity index is 1.67. The summed E-state index contributed by atoms with van der Waals surface area (Å²) < 4.78 is 26.5. The Bertz CT molecular complexity index is 1310. The Kier molecular flexibility index (Phi) is 5.37. The van der Waals surface area contributed by atoms with E-state index in [1.165, 1.54) is 19.2 Å². The highest BCUT2D eigenvalue weighted by molar-refractivity contribution is 7.91. The second-order valence-corrected chi connectivity index (χ2v) is 8.84. The molecule has 2 aromatic heterocycles. The number of aromatic amines is 1. The summed E-state index contributed by atoms with van der Waals surface area (Å²) in [5.41, 5.74) is 2.98. The maximum Gasteiger partial charge on any atom is 0.252 e. The lowest BCUT2D eigenvalue weighted by atomic mass is 10.1. The lowest BCUT2D eigenvalue weighted by molar-refractivity contribution is 0.0960. The summed E-state index contributed by atoms with van der Waals surface area (Å²) in [6, 6.07) is 17.1. The van der Waals surface area contributed by atoms with E-state index in [-0.39, 0.29) is 15.4 Å². The van der Waals surface area contributed by atoms with Gasteiger partial charge in [-0.15, -0.1) is 0 Å². The largest absolute Gasteiger partial charge is 0.361 e. The van der Waals surface area contributed by atoms with Crippen LogP contribution in [0.3, 0.4) is 0 Å². The minimum atomic E-state index is -3.85. The van der Waals surface area contributed by atoms with Crippen LogP contribution in [0.5, 0.6) is 0 Å². The van der Waals surface area contributed by atoms with Gasteiger partial charge in [-0.25, -0.2) is 8.42 Å². The molecule has 0 atom stereocenters. The summed E-state index contributed by atoms with van der Waals surface area (Å²) in [5, 5.41) is 3.47. The molecule has 152 valence electrons. The molecular weight excluding hydrogens is 398 g/mol. The number of pyridine rings is 1. The molecule has 0 aliphatic carbocycles. The third-order valence-electron chi connectivity index (χ3n) is 5.07. The van der Waals surface area contributed by atoms with Gasteiger partial charge in [0.15, 0.2) is 0 Å². The first-order valence-electron chi connectivity index (χ1n) is 9.57. The van der Waals surface area contributed by atoms with Crippen molar-refractivity contribution in [1.29, 1.82) is 0 Å². The van der Waals surface area contributed by atoms with E-state index in [0.29, 0.717) is 0 Å². The number of aryl methyl sites for hydroxylation is 2. The number of carbonyl (C=O) groups excluding carboxylic acids is 1. The zero-order valence-electron chi connectivity index (χ0n) is 16.4. The number of H-pyrrole nitrogens is 1. The van der Waals surface area contributed by atoms with Crippen LogP contribution in [0.15, 0.2) is 82.8 Å². The number of fused-ring (bicyclic) bond motifs is 1. The molecule has 0 saturated carbocycles. The van der Waals surface area contributed by atoms with E-state index in [1.807, 2.05) is 30.5 Å². The highest BCUT2D eigenvalue weighted by Crippen LogP contribution is 2.28. The van der Waals surface area contributed by atoms with Crippen LogP contribution in [0.1, 0.15) is 21.6 Å². The van der Waals surface area contributed by atoms with E-state index in [9.17, 15) is 13.2 Å². The van der Waals surface area contributed by atoms with E-state index in [2.05, 4.69) is 15.3 Å². The minimum Gasteiger partial charge on any atom is -0.361 e. The SMILES string of the molecule is CNC(=O)c1ccccc1S(=O)(=O)c1ccc2c(CCc3ccccn3)c[nH]c2c1. The summed E-state index contributed by atoms with van der Waals surface area (Å²) in [4.78, 5) is 19.8. The number of nitrogens with one attached hydrogen (secondary N) is 2. The van der Waals surface area contributed by atoms with Gasteiger partial charge in [0.1, 0.15) is 0 Å². The smallest absolute Gasteiger partial charge is 0.252 e. The first kappa shape index (κ1) is 19.8. The third kappa shape index (κ3) is 3.71. The van der Waals surface area contributed by atoms with Gasteiger partial charge in [-0.2, -0.15) is 0 Å². The second kappa shape index (κ2) is 8.12. The molecule has 2 N–H and O–H groups in total. The maximum atomic E-state index is 13.2. The molecule has 0 aliphatic rings. The zero-order chi connectivity index (χ0) is 21.1. The van der Waals surface area contributed by atoms with Crippen LogP contribution in [0.2, 0.25) is 0 Å². The number of carbonyl (C=O) groups is 1. The van der Waals surface area contributed by atoms with E-state index in [1.54, 1.807) is 30.5 Å². The fraction of sp³-hybridized carbons (Fsp3) is 0.130. The van der Waals surface area contributed by atoms with Crippen molar-refractivity contribution in [1.82, 2.24) is 15.3 Å². The number of nitrogens with zero attached hydrogens (tertiary/aromatic N) is 1. The number of hydrogen-bond donors (Lipinski definition) is 2. The van der Waals surface area contributed by atoms with Crippen molar-refractivity contribution in [2.75, 3.05) is 7.05 Å². The molecule has 0 spiro atoms. The first-order chi connectivity index (χ1) is 14.5. The van der Waals surface area contributed by atoms with Gasteiger partial charge in [-0.3, -0.25) is 9.78 Å². The Morgan fingerprint density at radius 2 is 1.83 bits per heavy atom. The quantitative estimate of drug-likeness (QED) is 0.500. The van der Waals surface area contributed by atoms with Crippen LogP contribution in [0.4, 0.5) is 0 Å². The van der Waals surface area contributed by atoms with E-state index in [0.717, 1.165) is 35.0 Å². The molecule has 7 heteroatoms. The lowest BCUT2D eigenvalue weighted by Gasteiger charge is -2.10. The highest BCUT2D eigenvalue weighted by atomic mass is 32.2. The first-order valence-corrected chi connectivity index (χ1v) is 11.0. The van der Waals surface area contributed by atoms with E-state index < -0.39 is 15.7 Å². The van der Waals surface area contributed by atoms with Crippen LogP contribution >= 0.6 is 0 Å². The summed E-state index contributed by atoms with van der Waals surface area (Å²) >= 11 is 0. The molecule has 30 heavy (non-hydrogen) atoms. The number of hydrogen-bond acceptors (Lipinski definition) is 4. The second-order valence-electron chi connectivity index (χ2n) is 6.92. The van der Waals surface area contributed by atoms with E-state index in [4.69, 9.17) is 0 Å². The molecule has 0 radical (unpaired) electrons. The zero-order valence-corrected chi connectivity index (χ0v) is 17.2. The van der Waals surface area contributed by atoms with Crippen molar-refractivity contribution in [3.8, 4) is 0 Å². The summed E-state index contributed by atoms with van der Waals surface area (Å²) in [6.07, 6.45) is 5.27. The monoisotopic (exact) mass is 419 g/mol. The fourth-order valence-electron chi connectivity index (χ4n) is 3.50. The highest BCUT2D eigenvalue weighted by Gasteiger charge is 2.24. The van der Waals surface area contributed by atoms with Crippen molar-refractivity contribution >= 4 is 26.6 Å². The van der Waals surface area contributed by atoms with Gasteiger partial charge >= 0.3 is 0 Å². The average molecular weight is 420 g/mol. The van der Waals surface area contributed by atoms with Crippen LogP contribution in [-0.2, 0) is 22.7 Å². The molecule has 0 bridgehead atoms. The molecule has 6 nitrogen and oxygen atoms in total. The number of sulfone groups is 1. The summed E-state index contributed by atoms with van der Waals surface area (Å²) in [7, 11) is -2.38. The Labute approximate surface area is 174 Å². The summed E-state index contributed by atoms with van der Waals surface area (Å²) in [5.74, 6) is -0.438. The summed E-state index contributed by atoms with van der Waals surface area (Å²) in [6.45, 7) is 0. The topological polar surface area (TPSA) is 91.9 Å². The maximum absolute atomic E-state index is 13.2. The van der Waals surface area contributed by atoms with Gasteiger partial charge < -0.3 is 10.3 Å². The van der Waals surface area contributed by atoms with Crippen molar-refractivity contribution in [3.05, 3.63) is 89.9 Å². The van der Waals surface area contributed by atoms with Crippen LogP contribution in [-0.4, -0.2) is 31.3 Å². The Hall–Kier alpha value is -3.45. The normalized spacial score (nSPS) is 11.5. The van der Waals surface area contributed by atoms with Crippen LogP contribution in [0.25, 0.3) is 10.9 Å². The van der Waals surface area contributed by atoms with Crippen molar-refractivity contribution < 1.29 is 13.2 Å². The lowest BCUT2D eigenvalue weighted by Crippen LogP contribution is -2.21. The van der Waals surface area contributed by atoms with E-state index >= 15 is 0 Å². The molecular formula is C23H21N3O3S. The van der Waals surface area contributed by atoms with Gasteiger partial charge in [0, 0.05) is 36.0 Å².